The lowest BCUT2D eigenvalue weighted by Crippen LogP contribution is -2.21. The van der Waals surface area contributed by atoms with Crippen LogP contribution in [-0.2, 0) is 12.3 Å². The molecule has 0 saturated carbocycles. The van der Waals surface area contributed by atoms with Crippen molar-refractivity contribution in [3.05, 3.63) is 65.2 Å². The highest BCUT2D eigenvalue weighted by atomic mass is 32.2. The molecule has 0 spiro atoms. The van der Waals surface area contributed by atoms with Crippen molar-refractivity contribution in [2.24, 2.45) is 0 Å². The predicted molar refractivity (Wildman–Crippen MR) is 89.1 cm³/mol. The van der Waals surface area contributed by atoms with Gasteiger partial charge in [-0.05, 0) is 35.4 Å². The fraction of sp³-hybridized carbons (Fsp3) is 0.278. The highest BCUT2D eigenvalue weighted by Gasteiger charge is 2.00. The summed E-state index contributed by atoms with van der Waals surface area (Å²) >= 11 is 1.80. The van der Waals surface area contributed by atoms with Gasteiger partial charge in [-0.25, -0.2) is 0 Å². The molecule has 21 heavy (non-hydrogen) atoms. The highest BCUT2D eigenvalue weighted by molar-refractivity contribution is 7.98. The van der Waals surface area contributed by atoms with Gasteiger partial charge in [0, 0.05) is 23.2 Å². The van der Waals surface area contributed by atoms with Crippen LogP contribution in [0.3, 0.4) is 0 Å². The van der Waals surface area contributed by atoms with Crippen molar-refractivity contribution in [1.82, 2.24) is 5.32 Å². The topological polar surface area (TPSA) is 35.8 Å². The maximum Gasteiger partial charge on any atom is 0.0991 e. The minimum atomic E-state index is 0.495. The summed E-state index contributed by atoms with van der Waals surface area (Å²) in [5.41, 5.74) is 3.22. The SMILES string of the molecule is CC(C)NCc1cccc(SCc2cccc(C#N)c2)c1. The van der Waals surface area contributed by atoms with Crippen molar-refractivity contribution in [2.45, 2.75) is 37.1 Å². The summed E-state index contributed by atoms with van der Waals surface area (Å²) in [5.74, 6) is 0.885. The smallest absolute Gasteiger partial charge is 0.0991 e. The lowest BCUT2D eigenvalue weighted by molar-refractivity contribution is 0.588. The molecule has 0 heterocycles. The molecule has 0 unspecified atom stereocenters. The maximum absolute atomic E-state index is 8.92. The zero-order valence-electron chi connectivity index (χ0n) is 12.5. The summed E-state index contributed by atoms with van der Waals surface area (Å²) in [4.78, 5) is 1.26. The van der Waals surface area contributed by atoms with E-state index in [1.807, 2.05) is 18.2 Å². The summed E-state index contributed by atoms with van der Waals surface area (Å²) in [7, 11) is 0. The van der Waals surface area contributed by atoms with Crippen LogP contribution in [0.25, 0.3) is 0 Å². The first-order chi connectivity index (χ1) is 10.2. The second-order valence-electron chi connectivity index (χ2n) is 5.28. The van der Waals surface area contributed by atoms with Crippen LogP contribution in [-0.4, -0.2) is 6.04 Å². The first-order valence-electron chi connectivity index (χ1n) is 7.11. The van der Waals surface area contributed by atoms with Gasteiger partial charge in [0.25, 0.3) is 0 Å². The van der Waals surface area contributed by atoms with Crippen molar-refractivity contribution in [3.63, 3.8) is 0 Å². The number of hydrogen-bond acceptors (Lipinski definition) is 3. The highest BCUT2D eigenvalue weighted by Crippen LogP contribution is 2.24. The molecule has 2 aromatic carbocycles. The normalized spacial score (nSPS) is 10.6. The van der Waals surface area contributed by atoms with Crippen molar-refractivity contribution >= 4 is 11.8 Å². The zero-order valence-corrected chi connectivity index (χ0v) is 13.3. The van der Waals surface area contributed by atoms with E-state index in [1.165, 1.54) is 16.0 Å². The maximum atomic E-state index is 8.92. The van der Waals surface area contributed by atoms with Crippen LogP contribution in [0, 0.1) is 11.3 Å². The van der Waals surface area contributed by atoms with Gasteiger partial charge in [0.05, 0.1) is 11.6 Å². The van der Waals surface area contributed by atoms with Crippen LogP contribution < -0.4 is 5.32 Å². The third-order valence-corrected chi connectivity index (χ3v) is 4.14. The van der Waals surface area contributed by atoms with E-state index in [0.29, 0.717) is 6.04 Å². The molecule has 0 radical (unpaired) electrons. The molecular weight excluding hydrogens is 276 g/mol. The minimum absolute atomic E-state index is 0.495. The van der Waals surface area contributed by atoms with Crippen molar-refractivity contribution in [2.75, 3.05) is 0 Å². The predicted octanol–water partition coefficient (Wildman–Crippen LogP) is 4.35. The quantitative estimate of drug-likeness (QED) is 0.805. The van der Waals surface area contributed by atoms with Gasteiger partial charge in [0.15, 0.2) is 0 Å². The molecule has 108 valence electrons. The van der Waals surface area contributed by atoms with E-state index in [4.69, 9.17) is 5.26 Å². The number of nitrogens with one attached hydrogen (secondary N) is 1. The molecule has 2 aromatic rings. The molecule has 0 aliphatic rings. The van der Waals surface area contributed by atoms with Crippen molar-refractivity contribution < 1.29 is 0 Å². The molecule has 0 amide bonds. The van der Waals surface area contributed by atoms with E-state index < -0.39 is 0 Å². The Bertz CT molecular complexity index is 629. The van der Waals surface area contributed by atoms with Gasteiger partial charge >= 0.3 is 0 Å². The first kappa shape index (κ1) is 15.6. The lowest BCUT2D eigenvalue weighted by atomic mass is 10.2. The molecular formula is C18H20N2S. The molecule has 0 aliphatic heterocycles. The van der Waals surface area contributed by atoms with E-state index in [2.05, 4.69) is 55.6 Å². The standard InChI is InChI=1S/C18H20N2S/c1-14(2)20-12-16-6-4-8-18(10-16)21-13-17-7-3-5-15(9-17)11-19/h3-10,14,20H,12-13H2,1-2H3. The Morgan fingerprint density at radius 1 is 1.10 bits per heavy atom. The fourth-order valence-electron chi connectivity index (χ4n) is 1.96. The van der Waals surface area contributed by atoms with Crippen LogP contribution in [0.4, 0.5) is 0 Å². The monoisotopic (exact) mass is 296 g/mol. The first-order valence-corrected chi connectivity index (χ1v) is 8.10. The number of hydrogen-bond donors (Lipinski definition) is 1. The number of benzene rings is 2. The average molecular weight is 296 g/mol. The Balaban J connectivity index is 1.96. The zero-order chi connectivity index (χ0) is 15.1. The summed E-state index contributed by atoms with van der Waals surface area (Å²) in [6, 6.07) is 19.1. The molecule has 0 aromatic heterocycles. The molecule has 0 saturated heterocycles. The van der Waals surface area contributed by atoms with Gasteiger partial charge in [-0.3, -0.25) is 0 Å². The Kier molecular flexibility index (Phi) is 5.86. The Morgan fingerprint density at radius 3 is 2.62 bits per heavy atom. The van der Waals surface area contributed by atoms with Crippen molar-refractivity contribution in [3.8, 4) is 6.07 Å². The average Bonchev–Trinajstić information content (AvgIpc) is 2.51. The van der Waals surface area contributed by atoms with E-state index in [1.54, 1.807) is 11.8 Å². The Hall–Kier alpha value is -1.76. The second kappa shape index (κ2) is 7.87. The van der Waals surface area contributed by atoms with E-state index in [-0.39, 0.29) is 0 Å². The second-order valence-corrected chi connectivity index (χ2v) is 6.33. The number of thioether (sulfide) groups is 1. The fourth-order valence-corrected chi connectivity index (χ4v) is 2.89. The minimum Gasteiger partial charge on any atom is -0.310 e. The molecule has 1 N–H and O–H groups in total. The lowest BCUT2D eigenvalue weighted by Gasteiger charge is -2.09. The van der Waals surface area contributed by atoms with Gasteiger partial charge in [0.1, 0.15) is 0 Å². The molecule has 3 heteroatoms. The molecule has 0 aliphatic carbocycles. The third kappa shape index (κ3) is 5.26. The summed E-state index contributed by atoms with van der Waals surface area (Å²) in [6.45, 7) is 5.21. The number of nitrogens with zero attached hydrogens (tertiary/aromatic N) is 1. The summed E-state index contributed by atoms with van der Waals surface area (Å²) in [5, 5.41) is 12.4. The molecule has 0 bridgehead atoms. The Morgan fingerprint density at radius 2 is 1.86 bits per heavy atom. The van der Waals surface area contributed by atoms with Crippen LogP contribution in [0.1, 0.15) is 30.5 Å². The van der Waals surface area contributed by atoms with E-state index >= 15 is 0 Å². The van der Waals surface area contributed by atoms with Crippen LogP contribution >= 0.6 is 11.8 Å². The summed E-state index contributed by atoms with van der Waals surface area (Å²) < 4.78 is 0. The van der Waals surface area contributed by atoms with Crippen molar-refractivity contribution in [1.29, 1.82) is 5.26 Å². The molecule has 2 rings (SSSR count). The summed E-state index contributed by atoms with van der Waals surface area (Å²) in [6.07, 6.45) is 0. The van der Waals surface area contributed by atoms with E-state index in [9.17, 15) is 0 Å². The van der Waals surface area contributed by atoms with E-state index in [0.717, 1.165) is 17.9 Å². The van der Waals surface area contributed by atoms with Gasteiger partial charge in [0.2, 0.25) is 0 Å². The third-order valence-electron chi connectivity index (χ3n) is 3.07. The molecule has 0 fully saturated rings. The van der Waals surface area contributed by atoms with Crippen LogP contribution in [0.15, 0.2) is 53.4 Å². The molecule has 0 atom stereocenters. The number of nitriles is 1. The molecule has 2 nitrogen and oxygen atoms in total. The largest absolute Gasteiger partial charge is 0.310 e. The van der Waals surface area contributed by atoms with Crippen LogP contribution in [0.5, 0.6) is 0 Å². The Labute approximate surface area is 131 Å². The van der Waals surface area contributed by atoms with Gasteiger partial charge < -0.3 is 5.32 Å². The number of rotatable bonds is 6. The van der Waals surface area contributed by atoms with Gasteiger partial charge in [-0.2, -0.15) is 5.26 Å². The van der Waals surface area contributed by atoms with Gasteiger partial charge in [-0.15, -0.1) is 11.8 Å². The van der Waals surface area contributed by atoms with Crippen LogP contribution in [0.2, 0.25) is 0 Å². The van der Waals surface area contributed by atoms with Gasteiger partial charge in [-0.1, -0.05) is 38.1 Å².